The Labute approximate surface area is 234 Å². The number of hydrogen-bond donors (Lipinski definition) is 0. The highest BCUT2D eigenvalue weighted by Crippen LogP contribution is 2.51. The van der Waals surface area contributed by atoms with E-state index in [0.29, 0.717) is 5.58 Å². The summed E-state index contributed by atoms with van der Waals surface area (Å²) in [7, 11) is 0. The van der Waals surface area contributed by atoms with Crippen LogP contribution in [0.25, 0.3) is 55.5 Å². The van der Waals surface area contributed by atoms with Crippen molar-refractivity contribution in [2.75, 3.05) is 0 Å². The Morgan fingerprint density at radius 3 is 1.35 bits per heavy atom. The molecule has 0 saturated heterocycles. The van der Waals surface area contributed by atoms with Crippen molar-refractivity contribution in [3.05, 3.63) is 133 Å². The molecule has 0 radical (unpaired) electrons. The standard InChI is InChI=1S/C37H30O3/c1-37(2,3)40-36(38)30-24-29-31(25-16-8-4-9-17-25)32(26-18-10-5-11-19-26)33(27-20-12-6-13-21-27)34(35(29)39-30)28-22-14-7-15-23-28/h4-24H,1-3H3. The van der Waals surface area contributed by atoms with E-state index in [2.05, 4.69) is 72.8 Å². The minimum atomic E-state index is -0.648. The number of ether oxygens (including phenoxy) is 1. The van der Waals surface area contributed by atoms with Crippen molar-refractivity contribution >= 4 is 16.9 Å². The number of rotatable bonds is 5. The fourth-order valence-electron chi connectivity index (χ4n) is 5.26. The third kappa shape index (κ3) is 4.83. The lowest BCUT2D eigenvalue weighted by Crippen LogP contribution is -2.23. The number of hydrogen-bond acceptors (Lipinski definition) is 3. The van der Waals surface area contributed by atoms with Gasteiger partial charge in [0, 0.05) is 28.1 Å². The van der Waals surface area contributed by atoms with Gasteiger partial charge in [0.25, 0.3) is 0 Å². The molecule has 1 aromatic heterocycles. The second-order valence-electron chi connectivity index (χ2n) is 10.8. The molecule has 0 aliphatic carbocycles. The van der Waals surface area contributed by atoms with Gasteiger partial charge in [-0.05, 0) is 48.6 Å². The van der Waals surface area contributed by atoms with Crippen LogP contribution in [0.15, 0.2) is 132 Å². The molecule has 6 aromatic rings. The first-order chi connectivity index (χ1) is 19.4. The summed E-state index contributed by atoms with van der Waals surface area (Å²) in [5, 5.41) is 0.865. The number of carbonyl (C=O) groups excluding carboxylic acids is 1. The minimum Gasteiger partial charge on any atom is -0.454 e. The first kappa shape index (κ1) is 25.4. The third-order valence-electron chi connectivity index (χ3n) is 6.83. The summed E-state index contributed by atoms with van der Waals surface area (Å²) >= 11 is 0. The third-order valence-corrected chi connectivity index (χ3v) is 6.83. The molecule has 3 heteroatoms. The fourth-order valence-corrected chi connectivity index (χ4v) is 5.26. The summed E-state index contributed by atoms with van der Waals surface area (Å²) in [4.78, 5) is 13.3. The van der Waals surface area contributed by atoms with Crippen LogP contribution in [-0.2, 0) is 4.74 Å². The highest BCUT2D eigenvalue weighted by Gasteiger charge is 2.29. The predicted molar refractivity (Wildman–Crippen MR) is 163 cm³/mol. The molecule has 0 N–H and O–H groups in total. The number of fused-ring (bicyclic) bond motifs is 1. The van der Waals surface area contributed by atoms with Crippen LogP contribution in [0.1, 0.15) is 31.3 Å². The summed E-state index contributed by atoms with van der Waals surface area (Å²) < 4.78 is 12.2. The monoisotopic (exact) mass is 522 g/mol. The van der Waals surface area contributed by atoms with Gasteiger partial charge in [-0.15, -0.1) is 0 Å². The Morgan fingerprint density at radius 1 is 0.550 bits per heavy atom. The molecular weight excluding hydrogens is 492 g/mol. The molecule has 0 amide bonds. The van der Waals surface area contributed by atoms with E-state index in [1.54, 1.807) is 0 Å². The lowest BCUT2D eigenvalue weighted by atomic mass is 9.81. The molecule has 0 atom stereocenters. The van der Waals surface area contributed by atoms with Gasteiger partial charge in [0.05, 0.1) is 0 Å². The van der Waals surface area contributed by atoms with Crippen LogP contribution in [-0.4, -0.2) is 11.6 Å². The molecule has 0 spiro atoms. The summed E-state index contributed by atoms with van der Waals surface area (Å²) in [6, 6.07) is 43.2. The molecule has 0 aliphatic rings. The van der Waals surface area contributed by atoms with Crippen LogP contribution in [0.3, 0.4) is 0 Å². The summed E-state index contributed by atoms with van der Waals surface area (Å²) in [5.74, 6) is -0.298. The quantitative estimate of drug-likeness (QED) is 0.211. The lowest BCUT2D eigenvalue weighted by Gasteiger charge is -2.22. The van der Waals surface area contributed by atoms with Crippen molar-refractivity contribution in [1.82, 2.24) is 0 Å². The Bertz CT molecular complexity index is 1660. The van der Waals surface area contributed by atoms with Gasteiger partial charge >= 0.3 is 5.97 Å². The molecule has 40 heavy (non-hydrogen) atoms. The van der Waals surface area contributed by atoms with Crippen molar-refractivity contribution in [2.24, 2.45) is 0 Å². The zero-order valence-corrected chi connectivity index (χ0v) is 22.8. The van der Waals surface area contributed by atoms with Crippen LogP contribution < -0.4 is 0 Å². The maximum Gasteiger partial charge on any atom is 0.374 e. The number of benzene rings is 5. The van der Waals surface area contributed by atoms with Gasteiger partial charge in [-0.3, -0.25) is 0 Å². The second-order valence-corrected chi connectivity index (χ2v) is 10.8. The zero-order chi connectivity index (χ0) is 27.7. The molecule has 0 saturated carbocycles. The van der Waals surface area contributed by atoms with E-state index in [0.717, 1.165) is 49.9 Å². The Morgan fingerprint density at radius 2 is 0.925 bits per heavy atom. The normalized spacial score (nSPS) is 11.5. The van der Waals surface area contributed by atoms with Crippen LogP contribution in [0.2, 0.25) is 0 Å². The van der Waals surface area contributed by atoms with E-state index in [1.165, 1.54) is 0 Å². The van der Waals surface area contributed by atoms with Gasteiger partial charge in [0.1, 0.15) is 11.2 Å². The molecule has 0 aliphatic heterocycles. The molecule has 196 valence electrons. The largest absolute Gasteiger partial charge is 0.454 e. The van der Waals surface area contributed by atoms with Crippen LogP contribution in [0.4, 0.5) is 0 Å². The SMILES string of the molecule is CC(C)(C)OC(=O)c1cc2c(-c3ccccc3)c(-c3ccccc3)c(-c3ccccc3)c(-c3ccccc3)c2o1. The summed E-state index contributed by atoms with van der Waals surface area (Å²) in [6.45, 7) is 5.58. The molecule has 5 aromatic carbocycles. The highest BCUT2D eigenvalue weighted by atomic mass is 16.6. The smallest absolute Gasteiger partial charge is 0.374 e. The molecule has 6 rings (SSSR count). The van der Waals surface area contributed by atoms with Crippen molar-refractivity contribution in [3.8, 4) is 44.5 Å². The van der Waals surface area contributed by atoms with Crippen LogP contribution >= 0.6 is 0 Å². The average Bonchev–Trinajstić information content (AvgIpc) is 3.42. The number of furan rings is 1. The highest BCUT2D eigenvalue weighted by molar-refractivity contribution is 6.17. The summed E-state index contributed by atoms with van der Waals surface area (Å²) in [5.41, 5.74) is 8.29. The van der Waals surface area contributed by atoms with E-state index in [4.69, 9.17) is 9.15 Å². The van der Waals surface area contributed by atoms with Gasteiger partial charge < -0.3 is 9.15 Å². The van der Waals surface area contributed by atoms with E-state index < -0.39 is 11.6 Å². The van der Waals surface area contributed by atoms with Crippen molar-refractivity contribution < 1.29 is 13.9 Å². The Balaban J connectivity index is 1.83. The van der Waals surface area contributed by atoms with Crippen molar-refractivity contribution in [1.29, 1.82) is 0 Å². The maximum atomic E-state index is 13.3. The minimum absolute atomic E-state index is 0.184. The molecule has 0 unspecified atom stereocenters. The van der Waals surface area contributed by atoms with Crippen molar-refractivity contribution in [2.45, 2.75) is 26.4 Å². The summed E-state index contributed by atoms with van der Waals surface area (Å²) in [6.07, 6.45) is 0. The molecule has 0 bridgehead atoms. The van der Waals surface area contributed by atoms with Gasteiger partial charge in [-0.2, -0.15) is 0 Å². The van der Waals surface area contributed by atoms with E-state index in [9.17, 15) is 4.79 Å². The predicted octanol–water partition coefficient (Wildman–Crippen LogP) is 10.1. The second kappa shape index (κ2) is 10.3. The average molecular weight is 523 g/mol. The molecule has 1 heterocycles. The van der Waals surface area contributed by atoms with Crippen molar-refractivity contribution in [3.63, 3.8) is 0 Å². The Hall–Kier alpha value is -4.89. The Kier molecular flexibility index (Phi) is 6.57. The van der Waals surface area contributed by atoms with Crippen LogP contribution in [0.5, 0.6) is 0 Å². The molecule has 3 nitrogen and oxygen atoms in total. The lowest BCUT2D eigenvalue weighted by molar-refractivity contribution is 0.00382. The van der Waals surface area contributed by atoms with Crippen LogP contribution in [0, 0.1) is 0 Å². The fraction of sp³-hybridized carbons (Fsp3) is 0.108. The topological polar surface area (TPSA) is 39.4 Å². The first-order valence-corrected chi connectivity index (χ1v) is 13.5. The van der Waals surface area contributed by atoms with E-state index >= 15 is 0 Å². The number of carbonyl (C=O) groups is 1. The van der Waals surface area contributed by atoms with Gasteiger partial charge in [0.15, 0.2) is 0 Å². The zero-order valence-electron chi connectivity index (χ0n) is 22.8. The number of esters is 1. The maximum absolute atomic E-state index is 13.3. The molecule has 0 fully saturated rings. The van der Waals surface area contributed by atoms with E-state index in [-0.39, 0.29) is 5.76 Å². The van der Waals surface area contributed by atoms with Gasteiger partial charge in [-0.1, -0.05) is 121 Å². The first-order valence-electron chi connectivity index (χ1n) is 13.5. The van der Waals surface area contributed by atoms with Gasteiger partial charge in [0.2, 0.25) is 5.76 Å². The molecular formula is C37H30O3. The van der Waals surface area contributed by atoms with Gasteiger partial charge in [-0.25, -0.2) is 4.79 Å². The van der Waals surface area contributed by atoms with E-state index in [1.807, 2.05) is 75.4 Å².